The van der Waals surface area contributed by atoms with Gasteiger partial charge in [0.2, 0.25) is 0 Å². The molecule has 3 nitrogen and oxygen atoms in total. The Kier molecular flexibility index (Phi) is 2.19. The number of nitrogens with zero attached hydrogens (tertiary/aromatic N) is 1. The molecular weight excluding hydrogens is 116 g/mol. The molecule has 52 valence electrons. The highest BCUT2D eigenvalue weighted by Crippen LogP contribution is 1.99. The molecule has 0 radical (unpaired) electrons. The van der Waals surface area contributed by atoms with E-state index in [4.69, 9.17) is 0 Å². The molecule has 1 heterocycles. The fourth-order valence-electron chi connectivity index (χ4n) is 0.972. The van der Waals surface area contributed by atoms with Crippen molar-refractivity contribution in [3.63, 3.8) is 0 Å². The van der Waals surface area contributed by atoms with Crippen LogP contribution in [-0.2, 0) is 4.79 Å². The molecule has 0 aromatic heterocycles. The molecule has 1 aliphatic heterocycles. The van der Waals surface area contributed by atoms with Crippen LogP contribution in [0.2, 0.25) is 0 Å². The first kappa shape index (κ1) is 6.71. The van der Waals surface area contributed by atoms with Crippen LogP contribution >= 0.6 is 0 Å². The van der Waals surface area contributed by atoms with Crippen LogP contribution in [0.5, 0.6) is 0 Å². The maximum atomic E-state index is 10.2. The van der Waals surface area contributed by atoms with Crippen LogP contribution in [0.4, 0.5) is 0 Å². The van der Waals surface area contributed by atoms with Gasteiger partial charge in [0.05, 0.1) is 6.04 Å². The lowest BCUT2D eigenvalue weighted by Crippen LogP contribution is -2.39. The summed E-state index contributed by atoms with van der Waals surface area (Å²) in [6.45, 7) is 3.91. The first-order valence-corrected chi connectivity index (χ1v) is 3.30. The molecule has 1 fully saturated rings. The minimum absolute atomic E-state index is 0.0347. The fourth-order valence-corrected chi connectivity index (χ4v) is 0.972. The third-order valence-electron chi connectivity index (χ3n) is 1.58. The van der Waals surface area contributed by atoms with Crippen molar-refractivity contribution in [2.45, 2.75) is 19.4 Å². The maximum Gasteiger partial charge on any atom is 0.138 e. The minimum Gasteiger partial charge on any atom is -0.302 e. The van der Waals surface area contributed by atoms with Crippen molar-refractivity contribution in [3.8, 4) is 0 Å². The zero-order valence-electron chi connectivity index (χ0n) is 5.63. The number of carbonyl (C=O) groups excluding carboxylic acids is 1. The zero-order chi connectivity index (χ0) is 6.69. The second-order valence-corrected chi connectivity index (χ2v) is 2.33. The topological polar surface area (TPSA) is 32.3 Å². The molecule has 0 aromatic rings. The first-order chi connectivity index (χ1) is 4.34. The molecule has 0 spiro atoms. The van der Waals surface area contributed by atoms with Gasteiger partial charge in [0.25, 0.3) is 0 Å². The summed E-state index contributed by atoms with van der Waals surface area (Å²) in [7, 11) is 0. The van der Waals surface area contributed by atoms with Gasteiger partial charge in [0.1, 0.15) is 6.29 Å². The highest BCUT2D eigenvalue weighted by molar-refractivity contribution is 5.56. The Labute approximate surface area is 55.0 Å². The average molecular weight is 128 g/mol. The number of aldehydes is 1. The van der Waals surface area contributed by atoms with E-state index in [0.717, 1.165) is 25.8 Å². The molecule has 1 rings (SSSR count). The van der Waals surface area contributed by atoms with Crippen molar-refractivity contribution in [1.29, 1.82) is 0 Å². The lowest BCUT2D eigenvalue weighted by molar-refractivity contribution is -0.112. The molecule has 0 amide bonds. The van der Waals surface area contributed by atoms with E-state index in [1.165, 1.54) is 0 Å². The highest BCUT2D eigenvalue weighted by Gasteiger charge is 2.15. The monoisotopic (exact) mass is 128 g/mol. The summed E-state index contributed by atoms with van der Waals surface area (Å²) in [6, 6.07) is 0.0347. The molecule has 1 aliphatic rings. The van der Waals surface area contributed by atoms with Crippen LogP contribution in [0.3, 0.4) is 0 Å². The van der Waals surface area contributed by atoms with Crippen molar-refractivity contribution in [2.75, 3.05) is 13.1 Å². The van der Waals surface area contributed by atoms with Crippen LogP contribution in [-0.4, -0.2) is 30.4 Å². The molecule has 0 bridgehead atoms. The molecule has 9 heavy (non-hydrogen) atoms. The Hall–Kier alpha value is -0.410. The van der Waals surface area contributed by atoms with Crippen LogP contribution in [0.25, 0.3) is 0 Å². The summed E-state index contributed by atoms with van der Waals surface area (Å²) < 4.78 is 0. The molecule has 3 heteroatoms. The normalized spacial score (nSPS) is 24.1. The summed E-state index contributed by atoms with van der Waals surface area (Å²) in [5, 5.41) is 1.97. The van der Waals surface area contributed by atoms with Crippen LogP contribution in [0, 0.1) is 0 Å². The quantitative estimate of drug-likeness (QED) is 0.522. The van der Waals surface area contributed by atoms with Gasteiger partial charge >= 0.3 is 0 Å². The van der Waals surface area contributed by atoms with E-state index in [0.29, 0.717) is 0 Å². The summed E-state index contributed by atoms with van der Waals surface area (Å²) in [5.74, 6) is 0. The molecular formula is C6H12N2O. The van der Waals surface area contributed by atoms with Gasteiger partial charge in [0.15, 0.2) is 0 Å². The third-order valence-corrected chi connectivity index (χ3v) is 1.58. The van der Waals surface area contributed by atoms with Crippen LogP contribution < -0.4 is 5.43 Å². The molecule has 1 N–H and O–H groups in total. The summed E-state index contributed by atoms with van der Waals surface area (Å²) in [6.07, 6.45) is 2.11. The van der Waals surface area contributed by atoms with E-state index < -0.39 is 0 Å². The number of carbonyl (C=O) groups is 1. The van der Waals surface area contributed by atoms with Crippen molar-refractivity contribution >= 4 is 6.29 Å². The lowest BCUT2D eigenvalue weighted by Gasteiger charge is -2.17. The predicted molar refractivity (Wildman–Crippen MR) is 34.9 cm³/mol. The minimum atomic E-state index is 0.0347. The van der Waals surface area contributed by atoms with E-state index >= 15 is 0 Å². The summed E-state index contributed by atoms with van der Waals surface area (Å²) in [5.41, 5.74) is 3.11. The van der Waals surface area contributed by atoms with Crippen molar-refractivity contribution < 1.29 is 4.79 Å². The smallest absolute Gasteiger partial charge is 0.138 e. The van der Waals surface area contributed by atoms with Gasteiger partial charge in [0, 0.05) is 13.1 Å². The Morgan fingerprint density at radius 2 is 2.56 bits per heavy atom. The molecule has 0 aliphatic carbocycles. The number of hydrogen-bond donors (Lipinski definition) is 1. The van der Waals surface area contributed by atoms with Crippen LogP contribution in [0.15, 0.2) is 0 Å². The molecule has 1 saturated heterocycles. The molecule has 1 unspecified atom stereocenters. The number of hydrazine groups is 1. The predicted octanol–water partition coefficient (Wildman–Crippen LogP) is -0.216. The first-order valence-electron chi connectivity index (χ1n) is 3.30. The Morgan fingerprint density at radius 3 is 3.00 bits per heavy atom. The second-order valence-electron chi connectivity index (χ2n) is 2.33. The van der Waals surface area contributed by atoms with Gasteiger partial charge in [-0.1, -0.05) is 0 Å². The van der Waals surface area contributed by atoms with Crippen molar-refractivity contribution in [1.82, 2.24) is 10.4 Å². The summed E-state index contributed by atoms with van der Waals surface area (Å²) >= 11 is 0. The summed E-state index contributed by atoms with van der Waals surface area (Å²) in [4.78, 5) is 10.2. The van der Waals surface area contributed by atoms with Gasteiger partial charge in [-0.2, -0.15) is 0 Å². The van der Waals surface area contributed by atoms with E-state index in [9.17, 15) is 4.79 Å². The van der Waals surface area contributed by atoms with Gasteiger partial charge in [-0.05, 0) is 13.3 Å². The van der Waals surface area contributed by atoms with Gasteiger partial charge < -0.3 is 4.79 Å². The fraction of sp³-hybridized carbons (Fsp3) is 0.833. The number of nitrogens with one attached hydrogen (secondary N) is 1. The second kappa shape index (κ2) is 2.94. The Balaban J connectivity index is 2.32. The van der Waals surface area contributed by atoms with Crippen LogP contribution in [0.1, 0.15) is 13.3 Å². The number of hydrogen-bond acceptors (Lipinski definition) is 3. The zero-order valence-corrected chi connectivity index (χ0v) is 5.63. The Bertz CT molecular complexity index is 99.2. The van der Waals surface area contributed by atoms with Gasteiger partial charge in [-0.25, -0.2) is 5.01 Å². The Morgan fingerprint density at radius 1 is 1.78 bits per heavy atom. The van der Waals surface area contributed by atoms with Crippen molar-refractivity contribution in [3.05, 3.63) is 0 Å². The van der Waals surface area contributed by atoms with Crippen molar-refractivity contribution in [2.24, 2.45) is 0 Å². The third kappa shape index (κ3) is 1.50. The van der Waals surface area contributed by atoms with E-state index in [-0.39, 0.29) is 6.04 Å². The van der Waals surface area contributed by atoms with E-state index in [2.05, 4.69) is 5.43 Å². The molecule has 1 atom stereocenters. The highest BCUT2D eigenvalue weighted by atomic mass is 16.1. The largest absolute Gasteiger partial charge is 0.302 e. The van der Waals surface area contributed by atoms with E-state index in [1.54, 1.807) is 0 Å². The van der Waals surface area contributed by atoms with Gasteiger partial charge in [-0.3, -0.25) is 5.43 Å². The lowest BCUT2D eigenvalue weighted by atomic mass is 10.3. The molecule has 0 saturated carbocycles. The SMILES string of the molecule is CC(C=O)N1CCCN1. The number of rotatable bonds is 2. The van der Waals surface area contributed by atoms with E-state index in [1.807, 2.05) is 11.9 Å². The maximum absolute atomic E-state index is 10.2. The average Bonchev–Trinajstić information content (AvgIpc) is 2.37. The molecule has 0 aromatic carbocycles. The standard InChI is InChI=1S/C6H12N2O/c1-6(5-9)8-4-2-3-7-8/h5-7H,2-4H2,1H3. The van der Waals surface area contributed by atoms with Gasteiger partial charge in [-0.15, -0.1) is 0 Å².